The molecule has 4 saturated carbocycles. The zero-order chi connectivity index (χ0) is 16.9. The lowest BCUT2D eigenvalue weighted by atomic mass is 9.53. The summed E-state index contributed by atoms with van der Waals surface area (Å²) < 4.78 is 19.1. The van der Waals surface area contributed by atoms with Gasteiger partial charge in [0.15, 0.2) is 6.61 Å². The van der Waals surface area contributed by atoms with Crippen molar-refractivity contribution in [1.29, 1.82) is 0 Å². The van der Waals surface area contributed by atoms with Gasteiger partial charge in [-0.1, -0.05) is 18.2 Å². The van der Waals surface area contributed by atoms with Crippen molar-refractivity contribution in [2.24, 2.45) is 22.7 Å². The molecule has 4 fully saturated rings. The van der Waals surface area contributed by atoms with Gasteiger partial charge >= 0.3 is 0 Å². The van der Waals surface area contributed by atoms with Crippen molar-refractivity contribution >= 4 is 23.4 Å². The molecule has 0 unspecified atom stereocenters. The largest absolute Gasteiger partial charge is 0.465 e. The lowest BCUT2D eigenvalue weighted by Gasteiger charge is -2.56. The highest BCUT2D eigenvalue weighted by Crippen LogP contribution is 2.55. The molecule has 0 radical (unpaired) electrons. The van der Waals surface area contributed by atoms with Crippen LogP contribution in [0.5, 0.6) is 0 Å². The van der Waals surface area contributed by atoms with Gasteiger partial charge in [-0.15, -0.1) is 0 Å². The van der Waals surface area contributed by atoms with E-state index in [1.165, 1.54) is 19.3 Å². The third-order valence-corrected chi connectivity index (χ3v) is 5.91. The van der Waals surface area contributed by atoms with Gasteiger partial charge in [-0.3, -0.25) is 4.79 Å². The fourth-order valence-corrected chi connectivity index (χ4v) is 5.49. The second-order valence-electron chi connectivity index (χ2n) is 7.65. The number of ether oxygens (including phenoxy) is 1. The number of carbonyl (C=O) groups is 1. The quantitative estimate of drug-likeness (QED) is 0.767. The zero-order valence-corrected chi connectivity index (χ0v) is 14.2. The summed E-state index contributed by atoms with van der Waals surface area (Å²) in [6.07, 6.45) is 7.12. The smallest absolute Gasteiger partial charge is 0.258 e. The number of rotatable bonds is 3. The maximum Gasteiger partial charge on any atom is 0.258 e. The summed E-state index contributed by atoms with van der Waals surface area (Å²) in [7, 11) is 0. The van der Waals surface area contributed by atoms with E-state index in [0.29, 0.717) is 0 Å². The molecule has 130 valence electrons. The van der Waals surface area contributed by atoms with Gasteiger partial charge in [-0.05, 0) is 56.3 Å². The number of hydrogen-bond acceptors (Lipinski definition) is 4. The van der Waals surface area contributed by atoms with Gasteiger partial charge < -0.3 is 15.4 Å². The molecule has 5 aliphatic rings. The Bertz CT molecular complexity index is 623. The minimum Gasteiger partial charge on any atom is -0.465 e. The summed E-state index contributed by atoms with van der Waals surface area (Å²) in [5.74, 6) is 1.07. The van der Waals surface area contributed by atoms with Crippen molar-refractivity contribution < 1.29 is 13.9 Å². The van der Waals surface area contributed by atoms with Crippen molar-refractivity contribution in [3.8, 4) is 0 Å². The fraction of sp³-hybridized carbons (Fsp3) is 0.647. The third kappa shape index (κ3) is 2.92. The highest BCUT2D eigenvalue weighted by Gasteiger charge is 2.51. The van der Waals surface area contributed by atoms with Crippen LogP contribution in [0, 0.1) is 17.8 Å². The maximum atomic E-state index is 13.8. The summed E-state index contributed by atoms with van der Waals surface area (Å²) >= 11 is 5.69. The SMILES string of the molecule is C=C1N=C(OCC(=O)NC23CC4CC(CC(C4)C2)C3)C(F)=C(Cl)N1. The van der Waals surface area contributed by atoms with Crippen LogP contribution >= 0.6 is 11.6 Å². The first-order valence-corrected chi connectivity index (χ1v) is 8.84. The van der Waals surface area contributed by atoms with E-state index in [-0.39, 0.29) is 34.9 Å². The molecule has 0 aromatic carbocycles. The van der Waals surface area contributed by atoms with Gasteiger partial charge in [-0.2, -0.15) is 9.38 Å². The van der Waals surface area contributed by atoms with Gasteiger partial charge in [0.1, 0.15) is 11.0 Å². The van der Waals surface area contributed by atoms with Crippen LogP contribution in [-0.4, -0.2) is 24.0 Å². The molecule has 1 amide bonds. The van der Waals surface area contributed by atoms with Gasteiger partial charge in [0.05, 0.1) is 0 Å². The molecule has 24 heavy (non-hydrogen) atoms. The molecule has 5 rings (SSSR count). The van der Waals surface area contributed by atoms with E-state index in [4.69, 9.17) is 16.3 Å². The number of nitrogens with one attached hydrogen (secondary N) is 2. The van der Waals surface area contributed by atoms with Gasteiger partial charge in [0.25, 0.3) is 11.8 Å². The van der Waals surface area contributed by atoms with Crippen molar-refractivity contribution in [2.75, 3.05) is 6.61 Å². The first-order chi connectivity index (χ1) is 11.4. The molecule has 0 atom stereocenters. The Hall–Kier alpha value is -1.56. The maximum absolute atomic E-state index is 13.8. The second kappa shape index (κ2) is 5.76. The van der Waals surface area contributed by atoms with Crippen LogP contribution in [0.25, 0.3) is 0 Å². The van der Waals surface area contributed by atoms with E-state index in [9.17, 15) is 9.18 Å². The summed E-state index contributed by atoms with van der Waals surface area (Å²) in [6.45, 7) is 3.29. The van der Waals surface area contributed by atoms with E-state index < -0.39 is 5.83 Å². The molecule has 2 N–H and O–H groups in total. The fourth-order valence-electron chi connectivity index (χ4n) is 5.30. The Kier molecular flexibility index (Phi) is 3.82. The Balaban J connectivity index is 1.37. The molecule has 5 nitrogen and oxygen atoms in total. The monoisotopic (exact) mass is 353 g/mol. The van der Waals surface area contributed by atoms with E-state index in [0.717, 1.165) is 37.0 Å². The van der Waals surface area contributed by atoms with Crippen LogP contribution in [0.4, 0.5) is 4.39 Å². The Labute approximate surface area is 145 Å². The summed E-state index contributed by atoms with van der Waals surface area (Å²) in [4.78, 5) is 16.1. The number of amides is 1. The molecular weight excluding hydrogens is 333 g/mol. The Morgan fingerprint density at radius 1 is 1.33 bits per heavy atom. The van der Waals surface area contributed by atoms with Crippen molar-refractivity contribution in [3.63, 3.8) is 0 Å². The molecule has 0 spiro atoms. The molecule has 4 aliphatic carbocycles. The molecule has 1 aliphatic heterocycles. The predicted octanol–water partition coefficient (Wildman–Crippen LogP) is 2.94. The molecule has 0 saturated heterocycles. The van der Waals surface area contributed by atoms with Gasteiger partial charge in [0, 0.05) is 5.54 Å². The highest BCUT2D eigenvalue weighted by atomic mass is 35.5. The lowest BCUT2D eigenvalue weighted by molar-refractivity contribution is -0.129. The first kappa shape index (κ1) is 15.9. The minimum absolute atomic E-state index is 0.0826. The predicted molar refractivity (Wildman–Crippen MR) is 88.7 cm³/mol. The number of nitrogens with zero attached hydrogens (tertiary/aromatic N) is 1. The van der Waals surface area contributed by atoms with Crippen LogP contribution in [0.15, 0.2) is 28.4 Å². The molecule has 7 heteroatoms. The Morgan fingerprint density at radius 2 is 1.92 bits per heavy atom. The van der Waals surface area contributed by atoms with Crippen molar-refractivity contribution in [3.05, 3.63) is 23.4 Å². The van der Waals surface area contributed by atoms with Crippen LogP contribution in [-0.2, 0) is 9.53 Å². The number of aliphatic imine (C=N–C) groups is 1. The summed E-state index contributed by atoms with van der Waals surface area (Å²) in [6, 6.07) is 0. The van der Waals surface area contributed by atoms with E-state index in [2.05, 4.69) is 22.2 Å². The van der Waals surface area contributed by atoms with Crippen LogP contribution < -0.4 is 10.6 Å². The van der Waals surface area contributed by atoms with Crippen LogP contribution in [0.2, 0.25) is 0 Å². The average molecular weight is 354 g/mol. The summed E-state index contributed by atoms with van der Waals surface area (Å²) in [5.41, 5.74) is -0.0826. The molecule has 4 bridgehead atoms. The molecule has 0 aromatic rings. The molecule has 0 aromatic heterocycles. The minimum atomic E-state index is -0.813. The molecular formula is C17H21ClFN3O2. The van der Waals surface area contributed by atoms with Crippen LogP contribution in [0.3, 0.4) is 0 Å². The standard InChI is InChI=1S/C17H21ClFN3O2/c1-9-20-15(18)14(19)16(21-9)24-8-13(23)22-17-5-10-2-11(6-17)4-12(3-10)7-17/h10-12,20H,1-8H2,(H,22,23). The second-order valence-corrected chi connectivity index (χ2v) is 8.03. The highest BCUT2D eigenvalue weighted by molar-refractivity contribution is 6.31. The summed E-state index contributed by atoms with van der Waals surface area (Å²) in [5, 5.41) is 5.40. The van der Waals surface area contributed by atoms with Gasteiger partial charge in [-0.25, -0.2) is 0 Å². The van der Waals surface area contributed by atoms with E-state index >= 15 is 0 Å². The molecule has 1 heterocycles. The van der Waals surface area contributed by atoms with Crippen LogP contribution in [0.1, 0.15) is 38.5 Å². The lowest BCUT2D eigenvalue weighted by Crippen LogP contribution is -2.60. The zero-order valence-electron chi connectivity index (χ0n) is 13.4. The van der Waals surface area contributed by atoms with E-state index in [1.54, 1.807) is 0 Å². The van der Waals surface area contributed by atoms with Crippen molar-refractivity contribution in [2.45, 2.75) is 44.1 Å². The third-order valence-electron chi connectivity index (χ3n) is 5.65. The average Bonchev–Trinajstić information content (AvgIpc) is 2.47. The topological polar surface area (TPSA) is 62.7 Å². The van der Waals surface area contributed by atoms with E-state index in [1.807, 2.05) is 0 Å². The number of hydrogen-bond donors (Lipinski definition) is 2. The Morgan fingerprint density at radius 3 is 2.50 bits per heavy atom. The van der Waals surface area contributed by atoms with Crippen molar-refractivity contribution in [1.82, 2.24) is 10.6 Å². The normalized spacial score (nSPS) is 37.2. The number of halogens is 2. The number of carbonyl (C=O) groups excluding carboxylic acids is 1. The first-order valence-electron chi connectivity index (χ1n) is 8.46. The van der Waals surface area contributed by atoms with Gasteiger partial charge in [0.2, 0.25) is 5.83 Å².